The maximum atomic E-state index is 12.6. The minimum Gasteiger partial charge on any atom is -0.349 e. The van der Waals surface area contributed by atoms with Crippen LogP contribution >= 0.6 is 0 Å². The summed E-state index contributed by atoms with van der Waals surface area (Å²) < 4.78 is 27.0. The Labute approximate surface area is 117 Å². The van der Waals surface area contributed by atoms with Crippen molar-refractivity contribution in [1.82, 2.24) is 9.55 Å². The molecule has 2 heterocycles. The number of fused-ring (bicyclic) bond motifs is 1. The number of hydrogen-bond donors (Lipinski definition) is 0. The van der Waals surface area contributed by atoms with Crippen molar-refractivity contribution in [3.05, 3.63) is 60.6 Å². The minimum absolute atomic E-state index is 0.0104. The Morgan fingerprint density at radius 2 is 1.80 bits per heavy atom. The Hall–Kier alpha value is -2.14. The molecule has 0 N–H and O–H groups in total. The van der Waals surface area contributed by atoms with Crippen LogP contribution in [0.5, 0.6) is 0 Å². The molecule has 0 saturated heterocycles. The molecule has 0 amide bonds. The monoisotopic (exact) mass is 286 g/mol. The summed E-state index contributed by atoms with van der Waals surface area (Å²) in [6.45, 7) is 0. The molecule has 0 aliphatic carbocycles. The van der Waals surface area contributed by atoms with E-state index >= 15 is 0 Å². The highest BCUT2D eigenvalue weighted by atomic mass is 32.2. The van der Waals surface area contributed by atoms with Gasteiger partial charge in [0.15, 0.2) is 9.84 Å². The standard InChI is InChI=1S/C15H14N2O2S/c1-17-10-15(13-4-2-3-5-14(13)17)20(18,19)11-12-6-8-16-9-7-12/h2-10H,11H2,1H3. The topological polar surface area (TPSA) is 52.0 Å². The highest BCUT2D eigenvalue weighted by Gasteiger charge is 2.20. The third kappa shape index (κ3) is 2.20. The fourth-order valence-corrected chi connectivity index (χ4v) is 3.94. The van der Waals surface area contributed by atoms with Gasteiger partial charge in [0.2, 0.25) is 0 Å². The molecule has 3 aromatic rings. The highest BCUT2D eigenvalue weighted by molar-refractivity contribution is 7.90. The summed E-state index contributed by atoms with van der Waals surface area (Å²) in [7, 11) is -1.51. The number of aryl methyl sites for hydroxylation is 1. The molecule has 0 fully saturated rings. The van der Waals surface area contributed by atoms with E-state index in [1.54, 1.807) is 30.7 Å². The fraction of sp³-hybridized carbons (Fsp3) is 0.133. The fourth-order valence-electron chi connectivity index (χ4n) is 2.33. The second-order valence-electron chi connectivity index (χ2n) is 4.74. The van der Waals surface area contributed by atoms with Gasteiger partial charge in [0.25, 0.3) is 0 Å². The number of hydrogen-bond acceptors (Lipinski definition) is 3. The van der Waals surface area contributed by atoms with Gasteiger partial charge in [0.05, 0.1) is 10.6 Å². The predicted molar refractivity (Wildman–Crippen MR) is 78.0 cm³/mol. The van der Waals surface area contributed by atoms with Gasteiger partial charge in [0.1, 0.15) is 0 Å². The summed E-state index contributed by atoms with van der Waals surface area (Å²) in [5.41, 5.74) is 1.66. The largest absolute Gasteiger partial charge is 0.349 e. The second-order valence-corrected chi connectivity index (χ2v) is 6.69. The van der Waals surface area contributed by atoms with E-state index in [9.17, 15) is 8.42 Å². The van der Waals surface area contributed by atoms with Gasteiger partial charge in [-0.05, 0) is 23.8 Å². The van der Waals surface area contributed by atoms with Crippen molar-refractivity contribution >= 4 is 20.7 Å². The van der Waals surface area contributed by atoms with Crippen molar-refractivity contribution in [1.29, 1.82) is 0 Å². The van der Waals surface area contributed by atoms with Crippen LogP contribution in [0.4, 0.5) is 0 Å². The zero-order valence-electron chi connectivity index (χ0n) is 11.0. The molecule has 0 bridgehead atoms. The first-order chi connectivity index (χ1) is 9.58. The molecule has 20 heavy (non-hydrogen) atoms. The summed E-state index contributed by atoms with van der Waals surface area (Å²) in [5.74, 6) is -0.0104. The number of sulfone groups is 1. The third-order valence-corrected chi connectivity index (χ3v) is 5.01. The molecule has 3 rings (SSSR count). The van der Waals surface area contributed by atoms with Crippen LogP contribution in [0.3, 0.4) is 0 Å². The molecule has 1 aromatic carbocycles. The van der Waals surface area contributed by atoms with Crippen molar-refractivity contribution in [2.75, 3.05) is 0 Å². The van der Waals surface area contributed by atoms with Crippen LogP contribution in [0.25, 0.3) is 10.9 Å². The van der Waals surface area contributed by atoms with Crippen LogP contribution < -0.4 is 0 Å². The molecule has 0 radical (unpaired) electrons. The van der Waals surface area contributed by atoms with Crippen LogP contribution in [0.2, 0.25) is 0 Å². The van der Waals surface area contributed by atoms with Crippen LogP contribution in [-0.4, -0.2) is 18.0 Å². The van der Waals surface area contributed by atoms with E-state index in [0.29, 0.717) is 4.90 Å². The summed E-state index contributed by atoms with van der Waals surface area (Å²) in [5, 5.41) is 0.768. The normalized spacial score (nSPS) is 11.8. The smallest absolute Gasteiger partial charge is 0.184 e. The van der Waals surface area contributed by atoms with Crippen molar-refractivity contribution in [2.24, 2.45) is 7.05 Å². The molecule has 4 nitrogen and oxygen atoms in total. The SMILES string of the molecule is Cn1cc(S(=O)(=O)Cc2ccncc2)c2ccccc21. The average Bonchev–Trinajstić information content (AvgIpc) is 2.78. The molecule has 0 saturated carbocycles. The minimum atomic E-state index is -3.37. The number of benzene rings is 1. The van der Waals surface area contributed by atoms with E-state index < -0.39 is 9.84 Å². The quantitative estimate of drug-likeness (QED) is 0.743. The van der Waals surface area contributed by atoms with Gasteiger partial charge in [-0.15, -0.1) is 0 Å². The highest BCUT2D eigenvalue weighted by Crippen LogP contribution is 2.27. The second kappa shape index (κ2) is 4.76. The summed E-state index contributed by atoms with van der Waals surface area (Å²) in [6.07, 6.45) is 4.89. The molecule has 102 valence electrons. The summed E-state index contributed by atoms with van der Waals surface area (Å²) in [4.78, 5) is 4.29. The maximum Gasteiger partial charge on any atom is 0.184 e. The van der Waals surface area contributed by atoms with Gasteiger partial charge in [-0.25, -0.2) is 8.42 Å². The first-order valence-electron chi connectivity index (χ1n) is 6.24. The molecule has 2 aromatic heterocycles. The van der Waals surface area contributed by atoms with E-state index in [1.165, 1.54) is 0 Å². The van der Waals surface area contributed by atoms with Crippen molar-refractivity contribution in [3.8, 4) is 0 Å². The number of para-hydroxylation sites is 1. The van der Waals surface area contributed by atoms with Crippen LogP contribution in [0.1, 0.15) is 5.56 Å². The van der Waals surface area contributed by atoms with Crippen molar-refractivity contribution in [2.45, 2.75) is 10.6 Å². The van der Waals surface area contributed by atoms with Gasteiger partial charge in [0, 0.05) is 36.5 Å². The van der Waals surface area contributed by atoms with Crippen LogP contribution in [0.15, 0.2) is 59.9 Å². The summed E-state index contributed by atoms with van der Waals surface area (Å²) >= 11 is 0. The van der Waals surface area contributed by atoms with Gasteiger partial charge in [-0.2, -0.15) is 0 Å². The average molecular weight is 286 g/mol. The van der Waals surface area contributed by atoms with Gasteiger partial charge >= 0.3 is 0 Å². The Kier molecular flexibility index (Phi) is 3.06. The number of rotatable bonds is 3. The zero-order valence-corrected chi connectivity index (χ0v) is 11.8. The lowest BCUT2D eigenvalue weighted by Crippen LogP contribution is -2.04. The Balaban J connectivity index is 2.10. The van der Waals surface area contributed by atoms with Crippen molar-refractivity contribution < 1.29 is 8.42 Å². The van der Waals surface area contributed by atoms with Gasteiger partial charge in [-0.1, -0.05) is 18.2 Å². The van der Waals surface area contributed by atoms with E-state index in [2.05, 4.69) is 4.98 Å². The third-order valence-electron chi connectivity index (χ3n) is 3.30. The van der Waals surface area contributed by atoms with E-state index in [4.69, 9.17) is 0 Å². The molecule has 0 aliphatic heterocycles. The zero-order chi connectivity index (χ0) is 14.2. The predicted octanol–water partition coefficient (Wildman–Crippen LogP) is 2.55. The maximum absolute atomic E-state index is 12.6. The first-order valence-corrected chi connectivity index (χ1v) is 7.89. The first kappa shape index (κ1) is 12.9. The lowest BCUT2D eigenvalue weighted by atomic mass is 10.2. The molecule has 0 aliphatic rings. The van der Waals surface area contributed by atoms with Crippen LogP contribution in [0, 0.1) is 0 Å². The lowest BCUT2D eigenvalue weighted by Gasteiger charge is -2.03. The summed E-state index contributed by atoms with van der Waals surface area (Å²) in [6, 6.07) is 11.0. The van der Waals surface area contributed by atoms with E-state index in [0.717, 1.165) is 16.5 Å². The number of nitrogens with zero attached hydrogens (tertiary/aromatic N) is 2. The van der Waals surface area contributed by atoms with E-state index in [1.807, 2.05) is 35.9 Å². The van der Waals surface area contributed by atoms with E-state index in [-0.39, 0.29) is 5.75 Å². The molecule has 0 unspecified atom stereocenters. The van der Waals surface area contributed by atoms with Crippen LogP contribution in [-0.2, 0) is 22.6 Å². The Bertz CT molecular complexity index is 852. The molecular formula is C15H14N2O2S. The van der Waals surface area contributed by atoms with Gasteiger partial charge in [-0.3, -0.25) is 4.98 Å². The molecule has 5 heteroatoms. The van der Waals surface area contributed by atoms with Gasteiger partial charge < -0.3 is 4.57 Å². The molecule has 0 atom stereocenters. The lowest BCUT2D eigenvalue weighted by molar-refractivity contribution is 0.596. The van der Waals surface area contributed by atoms with Crippen molar-refractivity contribution in [3.63, 3.8) is 0 Å². The Morgan fingerprint density at radius 3 is 2.55 bits per heavy atom. The Morgan fingerprint density at radius 1 is 1.10 bits per heavy atom. The molecule has 0 spiro atoms. The number of aromatic nitrogens is 2. The molecular weight excluding hydrogens is 272 g/mol. The number of pyridine rings is 1.